The van der Waals surface area contributed by atoms with E-state index < -0.39 is 5.82 Å². The van der Waals surface area contributed by atoms with Crippen LogP contribution in [0.2, 0.25) is 5.02 Å². The van der Waals surface area contributed by atoms with Crippen molar-refractivity contribution in [1.82, 2.24) is 0 Å². The second-order valence-corrected chi connectivity index (χ2v) is 8.73. The van der Waals surface area contributed by atoms with Crippen molar-refractivity contribution < 1.29 is 8.78 Å². The number of para-hydroxylation sites is 1. The molecule has 2 nitrogen and oxygen atoms in total. The van der Waals surface area contributed by atoms with Crippen LogP contribution in [-0.4, -0.2) is 6.54 Å². The summed E-state index contributed by atoms with van der Waals surface area (Å²) in [7, 11) is 0. The lowest BCUT2D eigenvalue weighted by atomic mass is 9.86. The van der Waals surface area contributed by atoms with Gasteiger partial charge in [0, 0.05) is 33.8 Å². The molecule has 0 radical (unpaired) electrons. The van der Waals surface area contributed by atoms with Crippen LogP contribution >= 0.6 is 22.9 Å². The number of nitrogens with zero attached hydrogens (tertiary/aromatic N) is 1. The zero-order valence-corrected chi connectivity index (χ0v) is 17.3. The molecule has 3 aromatic carbocycles. The van der Waals surface area contributed by atoms with Gasteiger partial charge in [0.1, 0.15) is 16.6 Å². The summed E-state index contributed by atoms with van der Waals surface area (Å²) in [5, 5.41) is 1.14. The van der Waals surface area contributed by atoms with Crippen LogP contribution in [0.4, 0.5) is 19.5 Å². The molecule has 6 heteroatoms. The van der Waals surface area contributed by atoms with E-state index in [0.717, 1.165) is 16.3 Å². The third-order valence-electron chi connectivity index (χ3n) is 5.52. The van der Waals surface area contributed by atoms with E-state index in [1.807, 2.05) is 30.3 Å². The molecule has 0 saturated heterocycles. The number of hydrogen-bond donors (Lipinski definition) is 0. The topological polar surface area (TPSA) is 20.3 Å². The zero-order chi connectivity index (χ0) is 20.8. The minimum Gasteiger partial charge on any atom is -0.333 e. The van der Waals surface area contributed by atoms with Gasteiger partial charge in [0.15, 0.2) is 5.43 Å². The SMILES string of the molecule is O=c1c2c(sc3cc(Cl)c(F)cc13)N(c1ccccc1)CCC2c1ccc(F)cc1. The number of benzene rings is 3. The molecule has 0 amide bonds. The molecule has 0 aliphatic carbocycles. The Balaban J connectivity index is 1.79. The van der Waals surface area contributed by atoms with Gasteiger partial charge in [-0.1, -0.05) is 41.9 Å². The normalized spacial score (nSPS) is 16.0. The molecule has 30 heavy (non-hydrogen) atoms. The molecule has 4 aromatic rings. The van der Waals surface area contributed by atoms with Gasteiger partial charge >= 0.3 is 0 Å². The van der Waals surface area contributed by atoms with Crippen molar-refractivity contribution in [2.24, 2.45) is 0 Å². The fourth-order valence-corrected chi connectivity index (χ4v) is 5.61. The van der Waals surface area contributed by atoms with Gasteiger partial charge in [0.2, 0.25) is 0 Å². The highest BCUT2D eigenvalue weighted by atomic mass is 35.5. The first kappa shape index (κ1) is 19.2. The van der Waals surface area contributed by atoms with Crippen molar-refractivity contribution >= 4 is 43.7 Å². The number of fused-ring (bicyclic) bond motifs is 2. The van der Waals surface area contributed by atoms with Gasteiger partial charge in [-0.3, -0.25) is 4.79 Å². The first-order chi connectivity index (χ1) is 14.5. The molecule has 0 bridgehead atoms. The van der Waals surface area contributed by atoms with Crippen LogP contribution in [0.15, 0.2) is 71.5 Å². The number of rotatable bonds is 2. The smallest absolute Gasteiger partial charge is 0.194 e. The van der Waals surface area contributed by atoms with Gasteiger partial charge in [-0.05, 0) is 48.4 Å². The highest BCUT2D eigenvalue weighted by molar-refractivity contribution is 7.22. The summed E-state index contributed by atoms with van der Waals surface area (Å²) in [6.07, 6.45) is 0.692. The van der Waals surface area contributed by atoms with Crippen LogP contribution in [0.5, 0.6) is 0 Å². The molecule has 1 atom stereocenters. The summed E-state index contributed by atoms with van der Waals surface area (Å²) in [5.74, 6) is -1.11. The summed E-state index contributed by atoms with van der Waals surface area (Å²) in [6, 6.07) is 18.9. The molecular weight excluding hydrogens is 424 g/mol. The van der Waals surface area contributed by atoms with E-state index in [-0.39, 0.29) is 22.2 Å². The Bertz CT molecular complexity index is 1310. The van der Waals surface area contributed by atoms with E-state index in [4.69, 9.17) is 11.6 Å². The molecule has 0 spiro atoms. The average Bonchev–Trinajstić information content (AvgIpc) is 2.76. The van der Waals surface area contributed by atoms with Gasteiger partial charge in [0.25, 0.3) is 0 Å². The molecular formula is C24H16ClF2NOS. The average molecular weight is 440 g/mol. The molecule has 1 aliphatic rings. The highest BCUT2D eigenvalue weighted by Gasteiger charge is 2.31. The standard InChI is InChI=1S/C24H16ClF2NOS/c25-19-13-21-18(12-20(19)27)23(29)22-17(14-6-8-15(26)9-7-14)10-11-28(24(22)30-21)16-4-2-1-3-5-16/h1-9,12-13,17H,10-11H2. The Labute approximate surface area is 181 Å². The summed E-state index contributed by atoms with van der Waals surface area (Å²) < 4.78 is 28.3. The first-order valence-corrected chi connectivity index (χ1v) is 10.8. The van der Waals surface area contributed by atoms with E-state index in [2.05, 4.69) is 4.90 Å². The third-order valence-corrected chi connectivity index (χ3v) is 7.00. The minimum atomic E-state index is -0.609. The lowest BCUT2D eigenvalue weighted by molar-refractivity contribution is 0.623. The largest absolute Gasteiger partial charge is 0.333 e. The summed E-state index contributed by atoms with van der Waals surface area (Å²) in [5.41, 5.74) is 2.28. The Morgan fingerprint density at radius 3 is 2.47 bits per heavy atom. The highest BCUT2D eigenvalue weighted by Crippen LogP contribution is 2.45. The Morgan fingerprint density at radius 1 is 1.00 bits per heavy atom. The molecule has 0 fully saturated rings. The monoisotopic (exact) mass is 439 g/mol. The van der Waals surface area contributed by atoms with Crippen LogP contribution in [0, 0.1) is 11.6 Å². The zero-order valence-electron chi connectivity index (χ0n) is 15.7. The molecule has 1 unspecified atom stereocenters. The fraction of sp³-hybridized carbons (Fsp3) is 0.125. The Morgan fingerprint density at radius 2 is 1.73 bits per heavy atom. The third kappa shape index (κ3) is 3.18. The van der Waals surface area contributed by atoms with Crippen molar-refractivity contribution in [3.05, 3.63) is 105 Å². The van der Waals surface area contributed by atoms with Gasteiger partial charge in [0.05, 0.1) is 5.02 Å². The van der Waals surface area contributed by atoms with Gasteiger partial charge in [-0.2, -0.15) is 0 Å². The fourth-order valence-electron chi connectivity index (χ4n) is 4.09. The van der Waals surface area contributed by atoms with Crippen LogP contribution in [0.25, 0.3) is 10.1 Å². The van der Waals surface area contributed by atoms with Gasteiger partial charge < -0.3 is 4.90 Å². The van der Waals surface area contributed by atoms with E-state index in [9.17, 15) is 13.6 Å². The molecule has 1 aliphatic heterocycles. The Kier molecular flexibility index (Phi) is 4.80. The van der Waals surface area contributed by atoms with Crippen molar-refractivity contribution in [3.8, 4) is 0 Å². The quantitative estimate of drug-likeness (QED) is 0.340. The maximum Gasteiger partial charge on any atom is 0.194 e. The van der Waals surface area contributed by atoms with Crippen LogP contribution < -0.4 is 10.3 Å². The lowest BCUT2D eigenvalue weighted by Crippen LogP contribution is -2.31. The van der Waals surface area contributed by atoms with Crippen LogP contribution in [0.1, 0.15) is 23.5 Å². The van der Waals surface area contributed by atoms with Crippen molar-refractivity contribution in [2.45, 2.75) is 12.3 Å². The molecule has 1 aromatic heterocycles. The molecule has 0 N–H and O–H groups in total. The van der Waals surface area contributed by atoms with Gasteiger partial charge in [-0.25, -0.2) is 8.78 Å². The molecule has 2 heterocycles. The van der Waals surface area contributed by atoms with Crippen molar-refractivity contribution in [1.29, 1.82) is 0 Å². The summed E-state index contributed by atoms with van der Waals surface area (Å²) in [6.45, 7) is 0.704. The number of hydrogen-bond acceptors (Lipinski definition) is 3. The molecule has 0 saturated carbocycles. The summed E-state index contributed by atoms with van der Waals surface area (Å²) in [4.78, 5) is 15.7. The predicted molar refractivity (Wildman–Crippen MR) is 119 cm³/mol. The maximum absolute atomic E-state index is 14.1. The van der Waals surface area contributed by atoms with E-state index in [1.165, 1.54) is 35.6 Å². The number of anilines is 2. The summed E-state index contributed by atoms with van der Waals surface area (Å²) >= 11 is 7.43. The second-order valence-electron chi connectivity index (χ2n) is 7.29. The second kappa shape index (κ2) is 7.49. The van der Waals surface area contributed by atoms with E-state index >= 15 is 0 Å². The first-order valence-electron chi connectivity index (χ1n) is 9.57. The molecule has 150 valence electrons. The molecule has 5 rings (SSSR count). The van der Waals surface area contributed by atoms with E-state index in [1.54, 1.807) is 12.1 Å². The van der Waals surface area contributed by atoms with Crippen molar-refractivity contribution in [3.63, 3.8) is 0 Å². The van der Waals surface area contributed by atoms with Crippen LogP contribution in [-0.2, 0) is 0 Å². The Hall–Kier alpha value is -2.76. The minimum absolute atomic E-state index is 0.00439. The van der Waals surface area contributed by atoms with E-state index in [0.29, 0.717) is 28.6 Å². The van der Waals surface area contributed by atoms with Crippen LogP contribution in [0.3, 0.4) is 0 Å². The lowest BCUT2D eigenvalue weighted by Gasteiger charge is -2.35. The van der Waals surface area contributed by atoms with Crippen molar-refractivity contribution in [2.75, 3.05) is 11.4 Å². The maximum atomic E-state index is 14.1. The predicted octanol–water partition coefficient (Wildman–Crippen LogP) is 6.87. The number of halogens is 3. The van der Waals surface area contributed by atoms with Gasteiger partial charge in [-0.15, -0.1) is 11.3 Å².